The predicted octanol–water partition coefficient (Wildman–Crippen LogP) is 4.35. The molecule has 7 heteroatoms. The van der Waals surface area contributed by atoms with Crippen LogP contribution < -0.4 is 11.1 Å². The normalized spacial score (nSPS) is 13.7. The first-order valence-corrected chi connectivity index (χ1v) is 9.73. The molecule has 0 saturated carbocycles. The number of amides is 1. The zero-order chi connectivity index (χ0) is 18.6. The minimum absolute atomic E-state index is 0. The minimum atomic E-state index is -0.677. The molecule has 1 aromatic heterocycles. The van der Waals surface area contributed by atoms with Crippen molar-refractivity contribution in [3.8, 4) is 0 Å². The molecule has 0 spiro atoms. The Bertz CT molecular complexity index is 855. The molecule has 0 radical (unpaired) electrons. The van der Waals surface area contributed by atoms with Crippen LogP contribution in [0.4, 0.5) is 0 Å². The first-order chi connectivity index (χ1) is 12.5. The van der Waals surface area contributed by atoms with Gasteiger partial charge in [0.05, 0.1) is 20.6 Å². The van der Waals surface area contributed by atoms with Crippen molar-refractivity contribution in [2.45, 2.75) is 25.7 Å². The van der Waals surface area contributed by atoms with Crippen molar-refractivity contribution < 1.29 is 4.79 Å². The number of aromatic nitrogens is 1. The maximum absolute atomic E-state index is 13.1. The molecule has 3 aromatic rings. The number of fused-ring (bicyclic) bond motifs is 1. The maximum atomic E-state index is 13.1. The molecule has 4 nitrogen and oxygen atoms in total. The van der Waals surface area contributed by atoms with Crippen LogP contribution in [0.25, 0.3) is 10.2 Å². The summed E-state index contributed by atoms with van der Waals surface area (Å²) < 4.78 is 1.15. The molecule has 0 saturated heterocycles. The van der Waals surface area contributed by atoms with E-state index in [0.717, 1.165) is 20.8 Å². The molecule has 3 N–H and O–H groups in total. The SMILES string of the molecule is CC(CN)CNC(=O)C(C)(Cc1nc2ccccc2s1)c1ccccc1.Cl.Cl. The van der Waals surface area contributed by atoms with Crippen LogP contribution in [0.5, 0.6) is 0 Å². The van der Waals surface area contributed by atoms with Crippen molar-refractivity contribution in [1.82, 2.24) is 10.3 Å². The largest absolute Gasteiger partial charge is 0.355 e. The minimum Gasteiger partial charge on any atom is -0.355 e. The number of nitrogens with two attached hydrogens (primary N) is 1. The highest BCUT2D eigenvalue weighted by Crippen LogP contribution is 2.32. The van der Waals surface area contributed by atoms with Crippen LogP contribution in [0, 0.1) is 5.92 Å². The zero-order valence-electron chi connectivity index (χ0n) is 16.1. The molecule has 2 aromatic carbocycles. The third-order valence-electron chi connectivity index (χ3n) is 4.77. The fourth-order valence-corrected chi connectivity index (χ4v) is 4.09. The van der Waals surface area contributed by atoms with E-state index in [0.29, 0.717) is 19.5 Å². The van der Waals surface area contributed by atoms with Crippen LogP contribution in [0.2, 0.25) is 0 Å². The number of hydrogen-bond donors (Lipinski definition) is 2. The van der Waals surface area contributed by atoms with Gasteiger partial charge in [-0.1, -0.05) is 49.4 Å². The Balaban J connectivity index is 0.00000196. The Kier molecular flexibility index (Phi) is 9.37. The number of para-hydroxylation sites is 1. The van der Waals surface area contributed by atoms with Crippen LogP contribution in [0.1, 0.15) is 24.4 Å². The summed E-state index contributed by atoms with van der Waals surface area (Å²) in [6.07, 6.45) is 0.569. The van der Waals surface area contributed by atoms with E-state index in [1.54, 1.807) is 11.3 Å². The van der Waals surface area contributed by atoms with E-state index in [1.165, 1.54) is 0 Å². The quantitative estimate of drug-likeness (QED) is 0.574. The van der Waals surface area contributed by atoms with Crippen molar-refractivity contribution in [3.63, 3.8) is 0 Å². The highest BCUT2D eigenvalue weighted by atomic mass is 35.5. The molecule has 1 heterocycles. The molecule has 0 aliphatic heterocycles. The molecular weight excluding hydrogens is 413 g/mol. The highest BCUT2D eigenvalue weighted by molar-refractivity contribution is 7.18. The van der Waals surface area contributed by atoms with E-state index in [2.05, 4.69) is 11.4 Å². The lowest BCUT2D eigenvalue weighted by Crippen LogP contribution is -2.45. The fourth-order valence-electron chi connectivity index (χ4n) is 2.96. The van der Waals surface area contributed by atoms with Gasteiger partial charge in [0.1, 0.15) is 0 Å². The average molecular weight is 440 g/mol. The monoisotopic (exact) mass is 439 g/mol. The standard InChI is InChI=1S/C21H25N3OS.2ClH/c1-15(13-22)14-23-20(25)21(2,16-8-4-3-5-9-16)12-19-24-17-10-6-7-11-18(17)26-19;;/h3-11,15H,12-14,22H2,1-2H3,(H,23,25);2*1H. The van der Waals surface area contributed by atoms with Crippen molar-refractivity contribution in [1.29, 1.82) is 0 Å². The summed E-state index contributed by atoms with van der Waals surface area (Å²) in [7, 11) is 0. The van der Waals surface area contributed by atoms with Crippen molar-refractivity contribution >= 4 is 52.3 Å². The van der Waals surface area contributed by atoms with Gasteiger partial charge in [0.15, 0.2) is 0 Å². The van der Waals surface area contributed by atoms with Gasteiger partial charge < -0.3 is 11.1 Å². The number of halogens is 2. The van der Waals surface area contributed by atoms with Gasteiger partial charge in [0.25, 0.3) is 0 Å². The molecule has 1 amide bonds. The number of rotatable bonds is 7. The molecular formula is C21H27Cl2N3OS. The number of carbonyl (C=O) groups is 1. The Morgan fingerprint density at radius 1 is 1.14 bits per heavy atom. The van der Waals surface area contributed by atoms with Gasteiger partial charge in [-0.15, -0.1) is 36.2 Å². The summed E-state index contributed by atoms with van der Waals surface area (Å²) in [4.78, 5) is 17.9. The van der Waals surface area contributed by atoms with Crippen LogP contribution in [-0.2, 0) is 16.6 Å². The number of thiazole rings is 1. The van der Waals surface area contributed by atoms with E-state index in [-0.39, 0.29) is 36.6 Å². The first kappa shape index (κ1) is 24.4. The summed E-state index contributed by atoms with van der Waals surface area (Å²) in [5.41, 5.74) is 6.99. The second kappa shape index (κ2) is 10.8. The second-order valence-electron chi connectivity index (χ2n) is 7.00. The van der Waals surface area contributed by atoms with Gasteiger partial charge in [0.2, 0.25) is 5.91 Å². The average Bonchev–Trinajstić information content (AvgIpc) is 3.08. The molecule has 2 unspecified atom stereocenters. The first-order valence-electron chi connectivity index (χ1n) is 8.91. The summed E-state index contributed by atoms with van der Waals surface area (Å²) >= 11 is 1.65. The highest BCUT2D eigenvalue weighted by Gasteiger charge is 2.36. The smallest absolute Gasteiger partial charge is 0.230 e. The van der Waals surface area contributed by atoms with E-state index in [4.69, 9.17) is 10.7 Å². The van der Waals surface area contributed by atoms with Gasteiger partial charge in [-0.3, -0.25) is 4.79 Å². The predicted molar refractivity (Wildman–Crippen MR) is 123 cm³/mol. The third kappa shape index (κ3) is 5.45. The third-order valence-corrected chi connectivity index (χ3v) is 5.80. The Hall–Kier alpha value is -1.66. The van der Waals surface area contributed by atoms with Crippen molar-refractivity contribution in [3.05, 3.63) is 65.2 Å². The summed E-state index contributed by atoms with van der Waals surface area (Å²) in [5, 5.41) is 4.06. The van der Waals surface area contributed by atoms with Gasteiger partial charge in [-0.05, 0) is 37.1 Å². The maximum Gasteiger partial charge on any atom is 0.230 e. The summed E-state index contributed by atoms with van der Waals surface area (Å²) in [6, 6.07) is 18.0. The van der Waals surface area contributed by atoms with Gasteiger partial charge >= 0.3 is 0 Å². The molecule has 28 heavy (non-hydrogen) atoms. The Morgan fingerprint density at radius 2 is 1.79 bits per heavy atom. The summed E-state index contributed by atoms with van der Waals surface area (Å²) in [5.74, 6) is 0.268. The van der Waals surface area contributed by atoms with E-state index < -0.39 is 5.41 Å². The lowest BCUT2D eigenvalue weighted by molar-refractivity contribution is -0.126. The van der Waals surface area contributed by atoms with Gasteiger partial charge in [-0.25, -0.2) is 4.98 Å². The topological polar surface area (TPSA) is 68.0 Å². The molecule has 0 bridgehead atoms. The fraction of sp³-hybridized carbons (Fsp3) is 0.333. The number of hydrogen-bond acceptors (Lipinski definition) is 4. The molecule has 3 rings (SSSR count). The number of nitrogens with one attached hydrogen (secondary N) is 1. The van der Waals surface area contributed by atoms with Crippen LogP contribution in [0.3, 0.4) is 0 Å². The lowest BCUT2D eigenvalue weighted by Gasteiger charge is -2.29. The van der Waals surface area contributed by atoms with Crippen LogP contribution >= 0.6 is 36.2 Å². The van der Waals surface area contributed by atoms with E-state index in [9.17, 15) is 4.79 Å². The van der Waals surface area contributed by atoms with Crippen molar-refractivity contribution in [2.24, 2.45) is 11.7 Å². The Labute approximate surface area is 182 Å². The molecule has 0 fully saturated rings. The number of benzene rings is 2. The lowest BCUT2D eigenvalue weighted by atomic mass is 9.78. The molecule has 152 valence electrons. The van der Waals surface area contributed by atoms with Crippen LogP contribution in [-0.4, -0.2) is 24.0 Å². The van der Waals surface area contributed by atoms with E-state index in [1.807, 2.05) is 62.4 Å². The molecule has 0 aliphatic rings. The van der Waals surface area contributed by atoms with Crippen LogP contribution in [0.15, 0.2) is 54.6 Å². The second-order valence-corrected chi connectivity index (χ2v) is 8.12. The summed E-state index contributed by atoms with van der Waals surface area (Å²) in [6.45, 7) is 5.17. The molecule has 2 atom stereocenters. The number of carbonyl (C=O) groups excluding carboxylic acids is 1. The van der Waals surface area contributed by atoms with Crippen molar-refractivity contribution in [2.75, 3.05) is 13.1 Å². The Morgan fingerprint density at radius 3 is 2.43 bits per heavy atom. The van der Waals surface area contributed by atoms with E-state index >= 15 is 0 Å². The number of nitrogens with zero attached hydrogens (tertiary/aromatic N) is 1. The molecule has 0 aliphatic carbocycles. The van der Waals surface area contributed by atoms with Gasteiger partial charge in [-0.2, -0.15) is 0 Å². The van der Waals surface area contributed by atoms with Gasteiger partial charge in [0, 0.05) is 13.0 Å². The zero-order valence-corrected chi connectivity index (χ0v) is 18.5.